The van der Waals surface area contributed by atoms with Crippen molar-refractivity contribution in [1.29, 1.82) is 0 Å². The summed E-state index contributed by atoms with van der Waals surface area (Å²) in [6.07, 6.45) is -0.455. The molecule has 0 bridgehead atoms. The molecule has 10 N–H and O–H groups in total. The maximum Gasteiger partial charge on any atom is 0.326 e. The molecule has 0 aliphatic rings. The van der Waals surface area contributed by atoms with Crippen LogP contribution in [-0.2, 0) is 30.4 Å². The predicted octanol–water partition coefficient (Wildman–Crippen LogP) is -2.54. The zero-order chi connectivity index (χ0) is 25.4. The second-order valence-electron chi connectivity index (χ2n) is 7.68. The molecule has 0 spiro atoms. The van der Waals surface area contributed by atoms with Crippen LogP contribution >= 0.6 is 0 Å². The molecule has 1 aromatic carbocycles. The standard InChI is InChI=1S/C21H28N6O7/c1-10(28)18(27-17(30)8-22)20(32)25-14(7-16(23)29)19(31)26-15(21(33)34)6-11-9-24-13-5-3-2-4-12(11)13/h2-5,9-10,14-15,18,24,28H,6-8,22H2,1H3,(H2,23,29)(H,25,32)(H,26,31)(H,27,30)(H,33,34). The van der Waals surface area contributed by atoms with Crippen molar-refractivity contribution in [2.24, 2.45) is 11.5 Å². The maximum atomic E-state index is 12.8. The molecule has 2 aromatic rings. The lowest BCUT2D eigenvalue weighted by Gasteiger charge is -2.25. The van der Waals surface area contributed by atoms with Crippen molar-refractivity contribution >= 4 is 40.5 Å². The van der Waals surface area contributed by atoms with E-state index < -0.39 is 66.8 Å². The molecular weight excluding hydrogens is 448 g/mol. The monoisotopic (exact) mass is 476 g/mol. The highest BCUT2D eigenvalue weighted by Crippen LogP contribution is 2.19. The van der Waals surface area contributed by atoms with Crippen LogP contribution in [-0.4, -0.2) is 75.6 Å². The fourth-order valence-corrected chi connectivity index (χ4v) is 3.30. The number of amides is 4. The van der Waals surface area contributed by atoms with Gasteiger partial charge in [-0.05, 0) is 18.6 Å². The number of rotatable bonds is 12. The first kappa shape index (κ1) is 26.3. The van der Waals surface area contributed by atoms with Gasteiger partial charge in [-0.3, -0.25) is 19.2 Å². The number of H-pyrrole nitrogens is 1. The minimum atomic E-state index is -1.55. The van der Waals surface area contributed by atoms with Crippen molar-refractivity contribution in [1.82, 2.24) is 20.9 Å². The van der Waals surface area contributed by atoms with Crippen LogP contribution in [0.1, 0.15) is 18.9 Å². The third-order valence-electron chi connectivity index (χ3n) is 5.02. The summed E-state index contributed by atoms with van der Waals surface area (Å²) >= 11 is 0. The van der Waals surface area contributed by atoms with Gasteiger partial charge >= 0.3 is 5.97 Å². The van der Waals surface area contributed by atoms with Crippen molar-refractivity contribution in [2.45, 2.75) is 44.0 Å². The Kier molecular flexibility index (Phi) is 9.10. The molecule has 0 aliphatic carbocycles. The van der Waals surface area contributed by atoms with Crippen LogP contribution in [0.2, 0.25) is 0 Å². The molecule has 4 atom stereocenters. The summed E-state index contributed by atoms with van der Waals surface area (Å²) in [7, 11) is 0. The predicted molar refractivity (Wildman–Crippen MR) is 120 cm³/mol. The summed E-state index contributed by atoms with van der Waals surface area (Å²) in [6.45, 7) is 0.779. The highest BCUT2D eigenvalue weighted by molar-refractivity contribution is 5.96. The van der Waals surface area contributed by atoms with Crippen LogP contribution in [0, 0.1) is 0 Å². The van der Waals surface area contributed by atoms with Gasteiger partial charge in [-0.25, -0.2) is 4.79 Å². The number of hydrogen-bond donors (Lipinski definition) is 8. The van der Waals surface area contributed by atoms with Gasteiger partial charge in [0.15, 0.2) is 0 Å². The number of fused-ring (bicyclic) bond motifs is 1. The van der Waals surface area contributed by atoms with E-state index in [1.807, 2.05) is 12.1 Å². The van der Waals surface area contributed by atoms with Crippen molar-refractivity contribution < 1.29 is 34.2 Å². The van der Waals surface area contributed by atoms with Crippen LogP contribution in [0.3, 0.4) is 0 Å². The summed E-state index contributed by atoms with van der Waals surface area (Å²) in [5.41, 5.74) is 11.8. The number of aliphatic hydroxyl groups excluding tert-OH is 1. The second-order valence-corrected chi connectivity index (χ2v) is 7.68. The Morgan fingerprint density at radius 2 is 1.68 bits per heavy atom. The van der Waals surface area contributed by atoms with E-state index >= 15 is 0 Å². The molecule has 1 heterocycles. The molecule has 0 radical (unpaired) electrons. The SMILES string of the molecule is CC(O)C(NC(=O)CN)C(=O)NC(CC(N)=O)C(=O)NC(Cc1c[nH]c2ccccc12)C(=O)O. The van der Waals surface area contributed by atoms with E-state index in [-0.39, 0.29) is 6.42 Å². The summed E-state index contributed by atoms with van der Waals surface area (Å²) < 4.78 is 0. The van der Waals surface area contributed by atoms with Crippen molar-refractivity contribution in [3.8, 4) is 0 Å². The number of nitrogens with two attached hydrogens (primary N) is 2. The molecule has 1 aromatic heterocycles. The van der Waals surface area contributed by atoms with Crippen LogP contribution in [0.4, 0.5) is 0 Å². The fourth-order valence-electron chi connectivity index (χ4n) is 3.30. The van der Waals surface area contributed by atoms with Gasteiger partial charge in [-0.1, -0.05) is 18.2 Å². The minimum Gasteiger partial charge on any atom is -0.480 e. The topological polar surface area (TPSA) is 230 Å². The lowest BCUT2D eigenvalue weighted by atomic mass is 10.0. The van der Waals surface area contributed by atoms with Gasteiger partial charge in [0.1, 0.15) is 18.1 Å². The first-order valence-corrected chi connectivity index (χ1v) is 10.4. The van der Waals surface area contributed by atoms with Gasteiger partial charge in [0, 0.05) is 23.5 Å². The molecule has 13 nitrogen and oxygen atoms in total. The molecule has 0 saturated carbocycles. The van der Waals surface area contributed by atoms with E-state index in [0.29, 0.717) is 5.56 Å². The fraction of sp³-hybridized carbons (Fsp3) is 0.381. The van der Waals surface area contributed by atoms with Crippen LogP contribution < -0.4 is 27.4 Å². The lowest BCUT2D eigenvalue weighted by molar-refractivity contribution is -0.142. The van der Waals surface area contributed by atoms with Crippen molar-refractivity contribution in [2.75, 3.05) is 6.54 Å². The minimum absolute atomic E-state index is 0.0782. The summed E-state index contributed by atoms with van der Waals surface area (Å²) in [5.74, 6) is -4.97. The number of carbonyl (C=O) groups excluding carboxylic acids is 4. The van der Waals surface area contributed by atoms with Crippen molar-refractivity contribution in [3.63, 3.8) is 0 Å². The molecule has 34 heavy (non-hydrogen) atoms. The number of primary amides is 1. The van der Waals surface area contributed by atoms with Gasteiger partial charge in [-0.15, -0.1) is 0 Å². The van der Waals surface area contributed by atoms with E-state index in [0.717, 1.165) is 10.9 Å². The molecule has 2 rings (SSSR count). The Balaban J connectivity index is 2.18. The second kappa shape index (κ2) is 11.8. The lowest BCUT2D eigenvalue weighted by Crippen LogP contribution is -2.59. The van der Waals surface area contributed by atoms with E-state index in [9.17, 15) is 34.2 Å². The van der Waals surface area contributed by atoms with Gasteiger partial charge in [0.05, 0.1) is 19.1 Å². The Morgan fingerprint density at radius 3 is 2.26 bits per heavy atom. The molecule has 4 amide bonds. The Bertz CT molecular complexity index is 1070. The number of para-hydroxylation sites is 1. The number of nitrogens with one attached hydrogen (secondary N) is 4. The average Bonchev–Trinajstić information content (AvgIpc) is 3.18. The smallest absolute Gasteiger partial charge is 0.326 e. The number of carboxylic acids is 1. The summed E-state index contributed by atoms with van der Waals surface area (Å²) in [4.78, 5) is 63.3. The normalized spacial score (nSPS) is 14.4. The Labute approximate surface area is 194 Å². The van der Waals surface area contributed by atoms with E-state index in [2.05, 4.69) is 20.9 Å². The molecule has 184 valence electrons. The van der Waals surface area contributed by atoms with Gasteiger partial charge in [0.2, 0.25) is 23.6 Å². The summed E-state index contributed by atoms with van der Waals surface area (Å²) in [5, 5.41) is 27.0. The number of carbonyl (C=O) groups is 5. The molecule has 4 unspecified atom stereocenters. The van der Waals surface area contributed by atoms with Crippen LogP contribution in [0.25, 0.3) is 10.9 Å². The molecule has 0 aliphatic heterocycles. The number of benzene rings is 1. The third-order valence-corrected chi connectivity index (χ3v) is 5.02. The molecule has 13 heteroatoms. The first-order valence-electron chi connectivity index (χ1n) is 10.4. The zero-order valence-electron chi connectivity index (χ0n) is 18.4. The first-order chi connectivity index (χ1) is 16.0. The quantitative estimate of drug-likeness (QED) is 0.162. The number of carboxylic acid groups (broad SMARTS) is 1. The maximum absolute atomic E-state index is 12.8. The number of aliphatic hydroxyl groups is 1. The molecule has 0 saturated heterocycles. The number of aliphatic carboxylic acids is 1. The number of hydrogen-bond acceptors (Lipinski definition) is 7. The van der Waals surface area contributed by atoms with Gasteiger partial charge < -0.3 is 42.6 Å². The number of aromatic nitrogens is 1. The van der Waals surface area contributed by atoms with Crippen LogP contribution in [0.5, 0.6) is 0 Å². The molecular formula is C21H28N6O7. The van der Waals surface area contributed by atoms with Gasteiger partial charge in [0.25, 0.3) is 0 Å². The number of aromatic amines is 1. The van der Waals surface area contributed by atoms with Gasteiger partial charge in [-0.2, -0.15) is 0 Å². The summed E-state index contributed by atoms with van der Waals surface area (Å²) in [6, 6.07) is 2.80. The Hall–Kier alpha value is -3.97. The Morgan fingerprint density at radius 1 is 1.03 bits per heavy atom. The van der Waals surface area contributed by atoms with E-state index in [1.165, 1.54) is 6.92 Å². The highest BCUT2D eigenvalue weighted by atomic mass is 16.4. The highest BCUT2D eigenvalue weighted by Gasteiger charge is 2.32. The zero-order valence-corrected chi connectivity index (χ0v) is 18.4. The van der Waals surface area contributed by atoms with Crippen molar-refractivity contribution in [3.05, 3.63) is 36.0 Å². The largest absolute Gasteiger partial charge is 0.480 e. The van der Waals surface area contributed by atoms with Crippen LogP contribution in [0.15, 0.2) is 30.5 Å². The third kappa shape index (κ3) is 7.02. The van der Waals surface area contributed by atoms with E-state index in [1.54, 1.807) is 18.3 Å². The average molecular weight is 476 g/mol. The van der Waals surface area contributed by atoms with E-state index in [4.69, 9.17) is 11.5 Å². The molecule has 0 fully saturated rings.